The van der Waals surface area contributed by atoms with E-state index < -0.39 is 0 Å². The number of rotatable bonds is 4. The third kappa shape index (κ3) is 7.41. The SMILES string of the molecule is Brc1ccc(-c2c[c-](-c3ccc(Br)cc3)c(-c3ccc(Br)cc3)c2-c2ccc(Br)cc2)cc1.[Fe+2].c1cc[cH-]c1. The van der Waals surface area contributed by atoms with Crippen molar-refractivity contribution in [2.75, 3.05) is 0 Å². The van der Waals surface area contributed by atoms with Gasteiger partial charge in [-0.1, -0.05) is 163 Å². The van der Waals surface area contributed by atoms with Crippen LogP contribution in [0.2, 0.25) is 0 Å². The van der Waals surface area contributed by atoms with Gasteiger partial charge in [0.15, 0.2) is 0 Å². The summed E-state index contributed by atoms with van der Waals surface area (Å²) in [5, 5.41) is 0. The van der Waals surface area contributed by atoms with Gasteiger partial charge >= 0.3 is 17.1 Å². The second kappa shape index (κ2) is 14.1. The first-order valence-corrected chi connectivity index (χ1v) is 15.2. The minimum atomic E-state index is 0. The van der Waals surface area contributed by atoms with E-state index in [1.807, 2.05) is 30.3 Å². The third-order valence-electron chi connectivity index (χ3n) is 6.21. The molecule has 6 rings (SSSR count). The average Bonchev–Trinajstić information content (AvgIpc) is 3.63. The third-order valence-corrected chi connectivity index (χ3v) is 8.32. The maximum absolute atomic E-state index is 3.59. The van der Waals surface area contributed by atoms with Gasteiger partial charge < -0.3 is 0 Å². The summed E-state index contributed by atoms with van der Waals surface area (Å²) in [6.07, 6.45) is 0. The predicted octanol–water partition coefficient (Wildman–Crippen LogP) is 12.5. The van der Waals surface area contributed by atoms with E-state index in [4.69, 9.17) is 0 Å². The summed E-state index contributed by atoms with van der Waals surface area (Å²) in [6, 6.07) is 46.7. The fourth-order valence-corrected chi connectivity index (χ4v) is 5.48. The molecule has 0 radical (unpaired) electrons. The van der Waals surface area contributed by atoms with Crippen LogP contribution >= 0.6 is 63.7 Å². The van der Waals surface area contributed by atoms with Crippen molar-refractivity contribution in [1.29, 1.82) is 0 Å². The Bertz CT molecular complexity index is 1470. The van der Waals surface area contributed by atoms with E-state index in [9.17, 15) is 0 Å². The maximum atomic E-state index is 3.59. The van der Waals surface area contributed by atoms with Crippen molar-refractivity contribution >= 4 is 63.7 Å². The molecule has 0 amide bonds. The molecule has 0 aliphatic carbocycles. The summed E-state index contributed by atoms with van der Waals surface area (Å²) >= 11 is 14.4. The molecule has 0 saturated heterocycles. The zero-order valence-corrected chi connectivity index (χ0v) is 28.0. The van der Waals surface area contributed by atoms with Crippen LogP contribution in [0.15, 0.2) is 151 Å². The van der Waals surface area contributed by atoms with E-state index in [1.165, 1.54) is 44.5 Å². The molecule has 0 N–H and O–H groups in total. The van der Waals surface area contributed by atoms with Crippen molar-refractivity contribution in [2.24, 2.45) is 0 Å². The molecule has 5 heteroatoms. The Morgan fingerprint density at radius 1 is 0.487 bits per heavy atom. The van der Waals surface area contributed by atoms with Crippen LogP contribution in [0.25, 0.3) is 44.5 Å². The fraction of sp³-hybridized carbons (Fsp3) is 0. The largest absolute Gasteiger partial charge is 2.00 e. The summed E-state index contributed by atoms with van der Waals surface area (Å²) in [5.41, 5.74) is 9.70. The zero-order valence-electron chi connectivity index (χ0n) is 20.6. The summed E-state index contributed by atoms with van der Waals surface area (Å²) in [4.78, 5) is 0. The van der Waals surface area contributed by atoms with Crippen LogP contribution in [0.5, 0.6) is 0 Å². The molecular formula is C34H22Br4Fe. The Kier molecular flexibility index (Phi) is 10.8. The van der Waals surface area contributed by atoms with Gasteiger partial charge in [-0.05, 0) is 24.3 Å². The summed E-state index contributed by atoms with van der Waals surface area (Å²) in [6.45, 7) is 0. The minimum Gasteiger partial charge on any atom is -0.214 e. The zero-order chi connectivity index (χ0) is 26.5. The minimum absolute atomic E-state index is 0. The second-order valence-corrected chi connectivity index (χ2v) is 12.4. The second-order valence-electron chi connectivity index (χ2n) is 8.71. The van der Waals surface area contributed by atoms with E-state index in [1.54, 1.807) is 0 Å². The molecule has 0 saturated carbocycles. The Morgan fingerprint density at radius 3 is 1.33 bits per heavy atom. The maximum Gasteiger partial charge on any atom is 2.00 e. The molecule has 6 aromatic carbocycles. The molecule has 0 aliphatic heterocycles. The van der Waals surface area contributed by atoms with Crippen molar-refractivity contribution in [3.63, 3.8) is 0 Å². The van der Waals surface area contributed by atoms with E-state index >= 15 is 0 Å². The molecule has 0 aromatic heterocycles. The first-order chi connectivity index (χ1) is 18.5. The van der Waals surface area contributed by atoms with Gasteiger partial charge in [0, 0.05) is 17.9 Å². The van der Waals surface area contributed by atoms with Gasteiger partial charge in [-0.2, -0.15) is 18.2 Å². The molecule has 0 fully saturated rings. The number of hydrogen-bond acceptors (Lipinski definition) is 0. The van der Waals surface area contributed by atoms with Crippen LogP contribution < -0.4 is 0 Å². The molecule has 0 bridgehead atoms. The molecule has 0 atom stereocenters. The van der Waals surface area contributed by atoms with Crippen LogP contribution in [0, 0.1) is 0 Å². The smallest absolute Gasteiger partial charge is 0.214 e. The average molecular weight is 806 g/mol. The molecular weight excluding hydrogens is 784 g/mol. The van der Waals surface area contributed by atoms with Crippen molar-refractivity contribution in [3.05, 3.63) is 151 Å². The molecule has 0 aliphatic rings. The monoisotopic (exact) mass is 802 g/mol. The van der Waals surface area contributed by atoms with Crippen LogP contribution in [0.4, 0.5) is 0 Å². The molecule has 39 heavy (non-hydrogen) atoms. The molecule has 0 spiro atoms. The van der Waals surface area contributed by atoms with E-state index in [0.29, 0.717) is 0 Å². The van der Waals surface area contributed by atoms with Crippen molar-refractivity contribution in [2.45, 2.75) is 0 Å². The Hall–Kier alpha value is -1.98. The Balaban J connectivity index is 0.000000530. The van der Waals surface area contributed by atoms with E-state index in [0.717, 1.165) is 17.9 Å². The number of benzene rings is 4. The molecule has 0 nitrogen and oxygen atoms in total. The van der Waals surface area contributed by atoms with Gasteiger partial charge in [-0.3, -0.25) is 0 Å². The first kappa shape index (κ1) is 30.0. The van der Waals surface area contributed by atoms with Gasteiger partial charge in [0.05, 0.1) is 0 Å². The van der Waals surface area contributed by atoms with Gasteiger partial charge in [-0.25, -0.2) is 12.1 Å². The normalized spacial score (nSPS) is 10.4. The van der Waals surface area contributed by atoms with Crippen molar-refractivity contribution in [3.8, 4) is 44.5 Å². The number of hydrogen-bond donors (Lipinski definition) is 0. The summed E-state index contributed by atoms with van der Waals surface area (Å²) in [5.74, 6) is 0. The van der Waals surface area contributed by atoms with Gasteiger partial charge in [0.2, 0.25) is 0 Å². The summed E-state index contributed by atoms with van der Waals surface area (Å²) < 4.78 is 4.29. The first-order valence-electron chi connectivity index (χ1n) is 12.0. The van der Waals surface area contributed by atoms with E-state index in [-0.39, 0.29) is 17.1 Å². The van der Waals surface area contributed by atoms with Crippen LogP contribution in [0.3, 0.4) is 0 Å². The Labute approximate surface area is 274 Å². The van der Waals surface area contributed by atoms with Gasteiger partial charge in [-0.15, -0.1) is 23.8 Å². The van der Waals surface area contributed by atoms with Crippen molar-refractivity contribution < 1.29 is 17.1 Å². The van der Waals surface area contributed by atoms with Crippen LogP contribution in [-0.4, -0.2) is 0 Å². The Morgan fingerprint density at radius 2 is 0.897 bits per heavy atom. The summed E-state index contributed by atoms with van der Waals surface area (Å²) in [7, 11) is 0. The van der Waals surface area contributed by atoms with Gasteiger partial charge in [0.25, 0.3) is 0 Å². The van der Waals surface area contributed by atoms with Crippen LogP contribution in [-0.2, 0) is 17.1 Å². The fourth-order valence-electron chi connectivity index (χ4n) is 4.43. The number of halogens is 4. The topological polar surface area (TPSA) is 0 Å². The molecule has 194 valence electrons. The molecule has 0 heterocycles. The quantitative estimate of drug-likeness (QED) is 0.123. The molecule has 6 aromatic rings. The van der Waals surface area contributed by atoms with Crippen LogP contribution in [0.1, 0.15) is 0 Å². The van der Waals surface area contributed by atoms with E-state index in [2.05, 4.69) is 167 Å². The van der Waals surface area contributed by atoms with Gasteiger partial charge in [0.1, 0.15) is 0 Å². The standard InChI is InChI=1S/C29H17Br4.C5H5.Fe/c30-22-9-1-18(2-10-22)26-17-27(19-3-11-23(31)12-4-19)29(21-7-15-25(33)16-8-21)28(26)20-5-13-24(32)14-6-20;1-2-4-5-3-1;/h1-17H;1-5H;/q2*-1;+2. The predicted molar refractivity (Wildman–Crippen MR) is 177 cm³/mol. The molecule has 0 unspecified atom stereocenters. The van der Waals surface area contributed by atoms with Crippen molar-refractivity contribution in [1.82, 2.24) is 0 Å².